The first-order valence-electron chi connectivity index (χ1n) is 12.4. The monoisotopic (exact) mass is 480 g/mol. The van der Waals surface area contributed by atoms with Gasteiger partial charge in [-0.3, -0.25) is 24.3 Å². The molecule has 1 aliphatic carbocycles. The predicted octanol–water partition coefficient (Wildman–Crippen LogP) is 2.96. The summed E-state index contributed by atoms with van der Waals surface area (Å²) in [5, 5.41) is 1.43. The molecule has 10 heteroatoms. The van der Waals surface area contributed by atoms with Crippen molar-refractivity contribution >= 4 is 23.6 Å². The minimum absolute atomic E-state index is 0.0693. The normalized spacial score (nSPS) is 24.0. The van der Waals surface area contributed by atoms with Crippen LogP contribution < -0.4 is 9.80 Å². The van der Waals surface area contributed by atoms with E-state index < -0.39 is 0 Å². The second-order valence-electron chi connectivity index (χ2n) is 10.1. The molecule has 3 saturated heterocycles. The standard InChI is InChI=1S/C25H29FN6O3/c1-16-19(26)14-18(15-28-16)20-5-13-35-32(20)22(33)17-3-10-30(11-4-17)24-27-9-2-21(29-24)31-12-8-25(6-7-25)23(31)34/h2,9,14-15,17,20H,3-8,10-13H2,1H3/t20-/m0/s1. The maximum atomic E-state index is 14.1. The Kier molecular flexibility index (Phi) is 5.43. The minimum Gasteiger partial charge on any atom is -0.341 e. The number of carbonyl (C=O) groups excluding carboxylic acids is 2. The highest BCUT2D eigenvalue weighted by atomic mass is 19.1. The summed E-state index contributed by atoms with van der Waals surface area (Å²) in [4.78, 5) is 48.9. The Morgan fingerprint density at radius 2 is 1.94 bits per heavy atom. The number of amides is 2. The summed E-state index contributed by atoms with van der Waals surface area (Å²) in [7, 11) is 0. The summed E-state index contributed by atoms with van der Waals surface area (Å²) in [5.74, 6) is 0.813. The number of pyridine rings is 1. The van der Waals surface area contributed by atoms with E-state index in [0.717, 1.165) is 19.3 Å². The molecule has 3 aliphatic heterocycles. The Hall–Kier alpha value is -3.14. The van der Waals surface area contributed by atoms with E-state index in [1.54, 1.807) is 30.3 Å². The zero-order valence-electron chi connectivity index (χ0n) is 19.8. The number of aromatic nitrogens is 3. The Labute approximate surface area is 203 Å². The molecule has 184 valence electrons. The molecule has 35 heavy (non-hydrogen) atoms. The van der Waals surface area contributed by atoms with E-state index in [1.165, 1.54) is 11.1 Å². The topological polar surface area (TPSA) is 91.8 Å². The molecule has 2 aromatic heterocycles. The third-order valence-corrected chi connectivity index (χ3v) is 7.95. The van der Waals surface area contributed by atoms with Gasteiger partial charge in [0.15, 0.2) is 0 Å². The quantitative estimate of drug-likeness (QED) is 0.664. The number of carbonyl (C=O) groups is 2. The summed E-state index contributed by atoms with van der Waals surface area (Å²) in [5.41, 5.74) is 0.871. The van der Waals surface area contributed by atoms with Crippen molar-refractivity contribution in [2.24, 2.45) is 11.3 Å². The van der Waals surface area contributed by atoms with Gasteiger partial charge in [0, 0.05) is 44.4 Å². The minimum atomic E-state index is -0.375. The van der Waals surface area contributed by atoms with E-state index in [0.29, 0.717) is 68.5 Å². The van der Waals surface area contributed by atoms with Gasteiger partial charge in [-0.1, -0.05) is 0 Å². The third kappa shape index (κ3) is 3.93. The molecule has 5 heterocycles. The second kappa shape index (κ2) is 8.51. The molecular formula is C25H29FN6O3. The highest BCUT2D eigenvalue weighted by molar-refractivity contribution is 6.01. The van der Waals surface area contributed by atoms with Crippen molar-refractivity contribution in [3.05, 3.63) is 41.6 Å². The number of hydrogen-bond donors (Lipinski definition) is 0. The van der Waals surface area contributed by atoms with Gasteiger partial charge in [-0.2, -0.15) is 4.98 Å². The molecule has 0 N–H and O–H groups in total. The summed E-state index contributed by atoms with van der Waals surface area (Å²) < 4.78 is 14.1. The Balaban J connectivity index is 1.10. The van der Waals surface area contributed by atoms with Gasteiger partial charge in [-0.25, -0.2) is 14.4 Å². The molecule has 2 amide bonds. The zero-order valence-corrected chi connectivity index (χ0v) is 19.8. The van der Waals surface area contributed by atoms with E-state index >= 15 is 0 Å². The lowest BCUT2D eigenvalue weighted by Gasteiger charge is -2.34. The number of halogens is 1. The first-order chi connectivity index (χ1) is 16.9. The van der Waals surface area contributed by atoms with Crippen molar-refractivity contribution in [1.29, 1.82) is 0 Å². The molecule has 9 nitrogen and oxygen atoms in total. The average Bonchev–Trinajstić information content (AvgIpc) is 3.38. The molecule has 1 atom stereocenters. The zero-order chi connectivity index (χ0) is 24.2. The lowest BCUT2D eigenvalue weighted by molar-refractivity contribution is -0.182. The molecule has 1 saturated carbocycles. The van der Waals surface area contributed by atoms with Crippen molar-refractivity contribution in [3.8, 4) is 0 Å². The highest BCUT2D eigenvalue weighted by Gasteiger charge is 2.56. The Bertz CT molecular complexity index is 1160. The van der Waals surface area contributed by atoms with Gasteiger partial charge in [-0.15, -0.1) is 0 Å². The summed E-state index contributed by atoms with van der Waals surface area (Å²) in [6.07, 6.45) is 8.11. The molecule has 0 unspecified atom stereocenters. The van der Waals surface area contributed by atoms with Crippen LogP contribution in [0.25, 0.3) is 0 Å². The van der Waals surface area contributed by atoms with E-state index in [2.05, 4.69) is 14.9 Å². The van der Waals surface area contributed by atoms with Crippen molar-refractivity contribution in [2.75, 3.05) is 36.0 Å². The maximum Gasteiger partial charge on any atom is 0.249 e. The van der Waals surface area contributed by atoms with E-state index in [-0.39, 0.29) is 35.0 Å². The fourth-order valence-electron chi connectivity index (χ4n) is 5.49. The molecule has 2 aromatic rings. The van der Waals surface area contributed by atoms with Crippen LogP contribution in [0.1, 0.15) is 55.8 Å². The van der Waals surface area contributed by atoms with Crippen LogP contribution in [-0.2, 0) is 14.4 Å². The second-order valence-corrected chi connectivity index (χ2v) is 10.1. The third-order valence-electron chi connectivity index (χ3n) is 7.95. The van der Waals surface area contributed by atoms with Crippen LogP contribution in [0, 0.1) is 24.1 Å². The number of hydroxylamine groups is 2. The van der Waals surface area contributed by atoms with Crippen LogP contribution in [-0.4, -0.2) is 58.1 Å². The van der Waals surface area contributed by atoms with E-state index in [9.17, 15) is 14.0 Å². The largest absolute Gasteiger partial charge is 0.341 e. The van der Waals surface area contributed by atoms with E-state index in [4.69, 9.17) is 9.82 Å². The van der Waals surface area contributed by atoms with Gasteiger partial charge >= 0.3 is 0 Å². The smallest absolute Gasteiger partial charge is 0.249 e. The van der Waals surface area contributed by atoms with Crippen molar-refractivity contribution in [1.82, 2.24) is 20.0 Å². The molecular weight excluding hydrogens is 451 g/mol. The van der Waals surface area contributed by atoms with Crippen LogP contribution in [0.5, 0.6) is 0 Å². The van der Waals surface area contributed by atoms with Crippen molar-refractivity contribution in [2.45, 2.75) is 51.5 Å². The van der Waals surface area contributed by atoms with Crippen LogP contribution in [0.4, 0.5) is 16.2 Å². The van der Waals surface area contributed by atoms with Crippen LogP contribution in [0.15, 0.2) is 24.5 Å². The van der Waals surface area contributed by atoms with Gasteiger partial charge in [0.1, 0.15) is 11.6 Å². The first-order valence-corrected chi connectivity index (χ1v) is 12.4. The predicted molar refractivity (Wildman–Crippen MR) is 125 cm³/mol. The maximum absolute atomic E-state index is 14.1. The molecule has 4 aliphatic rings. The van der Waals surface area contributed by atoms with Gasteiger partial charge in [-0.05, 0) is 56.7 Å². The molecule has 6 rings (SSSR count). The van der Waals surface area contributed by atoms with Crippen LogP contribution in [0.2, 0.25) is 0 Å². The number of aryl methyl sites for hydroxylation is 1. The van der Waals surface area contributed by atoms with Gasteiger partial charge in [0.05, 0.1) is 23.8 Å². The molecule has 0 bridgehead atoms. The fourth-order valence-corrected chi connectivity index (χ4v) is 5.49. The van der Waals surface area contributed by atoms with Gasteiger partial charge < -0.3 is 4.90 Å². The summed E-state index contributed by atoms with van der Waals surface area (Å²) >= 11 is 0. The first kappa shape index (κ1) is 22.3. The number of rotatable bonds is 4. The van der Waals surface area contributed by atoms with E-state index in [1.807, 2.05) is 0 Å². The molecule has 4 fully saturated rings. The average molecular weight is 481 g/mol. The van der Waals surface area contributed by atoms with Gasteiger partial charge in [0.25, 0.3) is 0 Å². The molecule has 0 aromatic carbocycles. The molecule has 0 radical (unpaired) electrons. The fraction of sp³-hybridized carbons (Fsp3) is 0.560. The number of piperidine rings is 1. The lowest BCUT2D eigenvalue weighted by Crippen LogP contribution is -2.42. The lowest BCUT2D eigenvalue weighted by atomic mass is 9.95. The Morgan fingerprint density at radius 3 is 2.66 bits per heavy atom. The summed E-state index contributed by atoms with van der Waals surface area (Å²) in [6, 6.07) is 2.92. The van der Waals surface area contributed by atoms with Crippen molar-refractivity contribution < 1.29 is 18.8 Å². The van der Waals surface area contributed by atoms with Gasteiger partial charge in [0.2, 0.25) is 17.8 Å². The highest BCUT2D eigenvalue weighted by Crippen LogP contribution is 2.54. The number of anilines is 2. The Morgan fingerprint density at radius 1 is 1.14 bits per heavy atom. The van der Waals surface area contributed by atoms with Crippen LogP contribution >= 0.6 is 0 Å². The molecule has 1 spiro atoms. The van der Waals surface area contributed by atoms with Crippen LogP contribution in [0.3, 0.4) is 0 Å². The number of hydrogen-bond acceptors (Lipinski definition) is 7. The SMILES string of the molecule is Cc1ncc([C@@H]2CCON2C(=O)C2CCN(c3nccc(N4CCC5(CC5)C4=O)n3)CC2)cc1F. The van der Waals surface area contributed by atoms with Crippen molar-refractivity contribution in [3.63, 3.8) is 0 Å². The summed E-state index contributed by atoms with van der Waals surface area (Å²) in [6.45, 7) is 4.02. The number of nitrogens with zero attached hydrogens (tertiary/aromatic N) is 6.